The lowest BCUT2D eigenvalue weighted by atomic mass is 9.84. The average Bonchev–Trinajstić information content (AvgIpc) is 2.86. The van der Waals surface area contributed by atoms with E-state index in [0.29, 0.717) is 16.2 Å². The van der Waals surface area contributed by atoms with Crippen LogP contribution in [0.4, 0.5) is 14.9 Å². The molecule has 3 rings (SSSR count). The summed E-state index contributed by atoms with van der Waals surface area (Å²) in [5.41, 5.74) is 1.47. The molecule has 200 valence electrons. The maximum absolute atomic E-state index is 13.4. The van der Waals surface area contributed by atoms with Crippen molar-refractivity contribution < 1.29 is 18.7 Å². The Hall–Kier alpha value is -3.85. The van der Waals surface area contributed by atoms with Gasteiger partial charge in [-0.2, -0.15) is 0 Å². The summed E-state index contributed by atoms with van der Waals surface area (Å²) in [6.07, 6.45) is 2.62. The normalized spacial score (nSPS) is 12.3. The van der Waals surface area contributed by atoms with Crippen LogP contribution in [0.2, 0.25) is 0 Å². The zero-order chi connectivity index (χ0) is 27.9. The quantitative estimate of drug-likeness (QED) is 0.309. The number of ether oxygens (including phenoxy) is 1. The van der Waals surface area contributed by atoms with Crippen molar-refractivity contribution >= 4 is 34.9 Å². The van der Waals surface area contributed by atoms with Crippen LogP contribution < -0.4 is 16.0 Å². The Morgan fingerprint density at radius 2 is 1.55 bits per heavy atom. The van der Waals surface area contributed by atoms with Gasteiger partial charge in [0, 0.05) is 35.6 Å². The van der Waals surface area contributed by atoms with Crippen LogP contribution >= 0.6 is 12.2 Å². The molecule has 1 heterocycles. The Labute approximate surface area is 228 Å². The predicted octanol–water partition coefficient (Wildman–Crippen LogP) is 5.93. The van der Waals surface area contributed by atoms with Crippen molar-refractivity contribution in [3.05, 3.63) is 95.6 Å². The van der Waals surface area contributed by atoms with E-state index < -0.39 is 23.2 Å². The summed E-state index contributed by atoms with van der Waals surface area (Å²) in [4.78, 5) is 29.7. The lowest BCUT2D eigenvalue weighted by molar-refractivity contribution is 0.0504. The summed E-state index contributed by atoms with van der Waals surface area (Å²) in [6.45, 7) is 9.53. The number of alkyl carbamates (subject to hydrolysis) is 1. The van der Waals surface area contributed by atoms with Crippen LogP contribution in [0.1, 0.15) is 62.1 Å². The number of hydrogen-bond donors (Lipinski definition) is 3. The van der Waals surface area contributed by atoms with Crippen LogP contribution in [0.25, 0.3) is 0 Å². The molecule has 0 bridgehead atoms. The second-order valence-electron chi connectivity index (χ2n) is 10.4. The molecule has 9 heteroatoms. The summed E-state index contributed by atoms with van der Waals surface area (Å²) in [7, 11) is 0. The third-order valence-electron chi connectivity index (χ3n) is 5.80. The monoisotopic (exact) mass is 536 g/mol. The van der Waals surface area contributed by atoms with Gasteiger partial charge in [-0.3, -0.25) is 9.78 Å². The second kappa shape index (κ2) is 12.1. The number of nitrogens with one attached hydrogen (secondary N) is 3. The van der Waals surface area contributed by atoms with Gasteiger partial charge in [-0.25, -0.2) is 9.18 Å². The van der Waals surface area contributed by atoms with Crippen LogP contribution in [0.5, 0.6) is 0 Å². The minimum Gasteiger partial charge on any atom is -0.444 e. The molecule has 1 aromatic heterocycles. The number of hydrogen-bond acceptors (Lipinski definition) is 5. The van der Waals surface area contributed by atoms with Gasteiger partial charge in [0.2, 0.25) is 0 Å². The number of carbonyl (C=O) groups is 2. The predicted molar refractivity (Wildman–Crippen MR) is 151 cm³/mol. The molecule has 0 spiro atoms. The highest BCUT2D eigenvalue weighted by molar-refractivity contribution is 7.80. The van der Waals surface area contributed by atoms with E-state index >= 15 is 0 Å². The van der Waals surface area contributed by atoms with E-state index in [1.54, 1.807) is 81.7 Å². The molecule has 0 fully saturated rings. The molecule has 2 aromatic carbocycles. The van der Waals surface area contributed by atoms with Gasteiger partial charge in [0.25, 0.3) is 5.91 Å². The highest BCUT2D eigenvalue weighted by Gasteiger charge is 2.28. The van der Waals surface area contributed by atoms with Crippen LogP contribution in [0, 0.1) is 5.82 Å². The van der Waals surface area contributed by atoms with Gasteiger partial charge in [-0.05, 0) is 82.1 Å². The number of rotatable bonds is 8. The fourth-order valence-corrected chi connectivity index (χ4v) is 3.82. The third-order valence-corrected chi connectivity index (χ3v) is 6.46. The Kier molecular flexibility index (Phi) is 9.17. The molecular weight excluding hydrogens is 503 g/mol. The number of halogens is 1. The lowest BCUT2D eigenvalue weighted by Gasteiger charge is -2.29. The first kappa shape index (κ1) is 28.7. The molecule has 0 saturated carbocycles. The number of thiocarbonyl (C=S) groups is 1. The lowest BCUT2D eigenvalue weighted by Crippen LogP contribution is -2.44. The molecular formula is C29H33FN4O3S. The molecule has 3 aromatic rings. The number of aromatic nitrogens is 1. The summed E-state index contributed by atoms with van der Waals surface area (Å²) >= 11 is 5.69. The van der Waals surface area contributed by atoms with Crippen LogP contribution in [0.15, 0.2) is 73.1 Å². The van der Waals surface area contributed by atoms with Crippen molar-refractivity contribution in [1.29, 1.82) is 0 Å². The minimum atomic E-state index is -0.670. The topological polar surface area (TPSA) is 92.4 Å². The van der Waals surface area contributed by atoms with Gasteiger partial charge in [0.15, 0.2) is 0 Å². The molecule has 0 saturated heterocycles. The number of amides is 2. The first-order valence-corrected chi connectivity index (χ1v) is 12.6. The maximum Gasteiger partial charge on any atom is 0.408 e. The number of benzene rings is 2. The van der Waals surface area contributed by atoms with Gasteiger partial charge in [-0.15, -0.1) is 0 Å². The molecule has 3 N–H and O–H groups in total. The minimum absolute atomic E-state index is 0.264. The molecule has 2 amide bonds. The van der Waals surface area contributed by atoms with Crippen molar-refractivity contribution in [2.24, 2.45) is 0 Å². The Morgan fingerprint density at radius 3 is 2.13 bits per heavy atom. The van der Waals surface area contributed by atoms with Crippen LogP contribution in [-0.2, 0) is 10.2 Å². The first-order chi connectivity index (χ1) is 17.8. The molecule has 1 atom stereocenters. The van der Waals surface area contributed by atoms with E-state index in [-0.39, 0.29) is 18.3 Å². The number of pyridine rings is 1. The van der Waals surface area contributed by atoms with E-state index in [1.807, 2.05) is 13.8 Å². The highest BCUT2D eigenvalue weighted by atomic mass is 32.1. The van der Waals surface area contributed by atoms with Gasteiger partial charge < -0.3 is 20.7 Å². The zero-order valence-electron chi connectivity index (χ0n) is 22.2. The van der Waals surface area contributed by atoms with E-state index in [2.05, 4.69) is 20.9 Å². The Morgan fingerprint density at radius 1 is 0.947 bits per heavy atom. The largest absolute Gasteiger partial charge is 0.444 e. The van der Waals surface area contributed by atoms with E-state index in [1.165, 1.54) is 12.1 Å². The van der Waals surface area contributed by atoms with Crippen molar-refractivity contribution in [3.8, 4) is 0 Å². The van der Waals surface area contributed by atoms with E-state index in [4.69, 9.17) is 17.0 Å². The van der Waals surface area contributed by atoms with Crippen molar-refractivity contribution in [1.82, 2.24) is 15.6 Å². The SMILES string of the molecule is CC(C)(C)OC(=O)NC(CNC(=S)C(C)(C)c1ccc(F)cc1)c1ccc(C(=O)Nc2ccncc2)cc1. The molecule has 0 aliphatic heterocycles. The number of carbonyl (C=O) groups excluding carboxylic acids is 2. The standard InChI is InChI=1S/C29H33FN4O3S/c1-28(2,3)37-27(36)34-24(18-32-26(38)29(4,5)21-10-12-22(30)13-11-21)19-6-8-20(9-7-19)25(35)33-23-14-16-31-17-15-23/h6-17,24H,18H2,1-5H3,(H,32,38)(H,34,36)(H,31,33,35). The molecule has 7 nitrogen and oxygen atoms in total. The second-order valence-corrected chi connectivity index (χ2v) is 10.8. The van der Waals surface area contributed by atoms with Crippen molar-refractivity contribution in [3.63, 3.8) is 0 Å². The van der Waals surface area contributed by atoms with Gasteiger partial charge in [0.05, 0.1) is 11.0 Å². The molecule has 0 aliphatic carbocycles. The molecule has 0 radical (unpaired) electrons. The molecule has 38 heavy (non-hydrogen) atoms. The Balaban J connectivity index is 1.75. The maximum atomic E-state index is 13.4. The van der Waals surface area contributed by atoms with E-state index in [0.717, 1.165) is 11.1 Å². The van der Waals surface area contributed by atoms with E-state index in [9.17, 15) is 14.0 Å². The first-order valence-electron chi connectivity index (χ1n) is 12.2. The van der Waals surface area contributed by atoms with Gasteiger partial charge in [-0.1, -0.05) is 36.5 Å². The molecule has 0 aliphatic rings. The van der Waals surface area contributed by atoms with Crippen LogP contribution in [-0.4, -0.2) is 34.1 Å². The number of nitrogens with zero attached hydrogens (tertiary/aromatic N) is 1. The summed E-state index contributed by atoms with van der Waals surface area (Å²) < 4.78 is 18.9. The summed E-state index contributed by atoms with van der Waals surface area (Å²) in [6, 6.07) is 16.0. The van der Waals surface area contributed by atoms with Gasteiger partial charge in [0.1, 0.15) is 11.4 Å². The Bertz CT molecular complexity index is 1260. The fraction of sp³-hybridized carbons (Fsp3) is 0.310. The smallest absolute Gasteiger partial charge is 0.408 e. The number of anilines is 1. The van der Waals surface area contributed by atoms with Gasteiger partial charge >= 0.3 is 6.09 Å². The summed E-state index contributed by atoms with van der Waals surface area (Å²) in [5, 5.41) is 8.97. The zero-order valence-corrected chi connectivity index (χ0v) is 23.0. The van der Waals surface area contributed by atoms with Crippen molar-refractivity contribution in [2.45, 2.75) is 51.7 Å². The van der Waals surface area contributed by atoms with Crippen molar-refractivity contribution in [2.75, 3.05) is 11.9 Å². The van der Waals surface area contributed by atoms with Crippen LogP contribution in [0.3, 0.4) is 0 Å². The average molecular weight is 537 g/mol. The summed E-state index contributed by atoms with van der Waals surface area (Å²) in [5.74, 6) is -0.581. The fourth-order valence-electron chi connectivity index (χ4n) is 3.62. The molecule has 1 unspecified atom stereocenters. The third kappa shape index (κ3) is 8.08. The highest BCUT2D eigenvalue weighted by Crippen LogP contribution is 2.25.